The van der Waals surface area contributed by atoms with Gasteiger partial charge >= 0.3 is 0 Å². The molecule has 1 aromatic carbocycles. The van der Waals surface area contributed by atoms with E-state index in [1.807, 2.05) is 32.0 Å². The molecule has 1 aliphatic carbocycles. The van der Waals surface area contributed by atoms with Crippen molar-refractivity contribution < 1.29 is 4.79 Å². The lowest BCUT2D eigenvalue weighted by Gasteiger charge is -2.23. The second kappa shape index (κ2) is 4.49. The Morgan fingerprint density at radius 3 is 2.59 bits per heavy atom. The lowest BCUT2D eigenvalue weighted by atomic mass is 9.97. The smallest absolute Gasteiger partial charge is 0.244 e. The molecule has 0 unspecified atom stereocenters. The Kier molecular flexibility index (Phi) is 3.20. The molecule has 1 aromatic rings. The summed E-state index contributed by atoms with van der Waals surface area (Å²) in [5, 5.41) is 2.97. The predicted octanol–water partition coefficient (Wildman–Crippen LogP) is 2.51. The summed E-state index contributed by atoms with van der Waals surface area (Å²) < 4.78 is 0. The van der Waals surface area contributed by atoms with Gasteiger partial charge in [0.2, 0.25) is 5.91 Å². The summed E-state index contributed by atoms with van der Waals surface area (Å²) in [6.45, 7) is 4.01. The number of carbonyl (C=O) groups excluding carboxylic acids is 1. The van der Waals surface area contributed by atoms with E-state index in [2.05, 4.69) is 5.32 Å². The zero-order valence-electron chi connectivity index (χ0n) is 10.5. The van der Waals surface area contributed by atoms with Crippen LogP contribution in [0.5, 0.6) is 0 Å². The quantitative estimate of drug-likeness (QED) is 0.823. The highest BCUT2D eigenvalue weighted by Gasteiger charge is 2.37. The Labute approximate surface area is 102 Å². The molecule has 0 radical (unpaired) electrons. The van der Waals surface area contributed by atoms with Gasteiger partial charge in [0, 0.05) is 5.69 Å². The van der Waals surface area contributed by atoms with Crippen LogP contribution in [0.4, 0.5) is 5.69 Å². The zero-order chi connectivity index (χ0) is 12.5. The van der Waals surface area contributed by atoms with Gasteiger partial charge in [0.25, 0.3) is 0 Å². The lowest BCUT2D eigenvalue weighted by molar-refractivity contribution is -0.121. The Morgan fingerprint density at radius 2 is 1.94 bits per heavy atom. The van der Waals surface area contributed by atoms with E-state index in [1.165, 1.54) is 0 Å². The fourth-order valence-corrected chi connectivity index (χ4v) is 2.35. The van der Waals surface area contributed by atoms with Crippen molar-refractivity contribution in [1.29, 1.82) is 0 Å². The van der Waals surface area contributed by atoms with Gasteiger partial charge in [0.15, 0.2) is 0 Å². The van der Waals surface area contributed by atoms with E-state index in [-0.39, 0.29) is 5.91 Å². The second-order valence-corrected chi connectivity index (χ2v) is 5.14. The maximum Gasteiger partial charge on any atom is 0.244 e. The SMILES string of the molecule is Cc1ccc(C)c(NC(=O)C2(N)CCCC2)c1. The number of carbonyl (C=O) groups is 1. The maximum absolute atomic E-state index is 12.2. The normalized spacial score (nSPS) is 18.1. The molecule has 3 nitrogen and oxygen atoms in total. The van der Waals surface area contributed by atoms with Crippen molar-refractivity contribution in [3.63, 3.8) is 0 Å². The minimum Gasteiger partial charge on any atom is -0.324 e. The van der Waals surface area contributed by atoms with Crippen molar-refractivity contribution in [1.82, 2.24) is 0 Å². The number of nitrogens with two attached hydrogens (primary N) is 1. The molecule has 3 N–H and O–H groups in total. The molecule has 0 heterocycles. The fraction of sp³-hybridized carbons (Fsp3) is 0.500. The van der Waals surface area contributed by atoms with Crippen LogP contribution < -0.4 is 11.1 Å². The summed E-state index contributed by atoms with van der Waals surface area (Å²) in [4.78, 5) is 12.2. The van der Waals surface area contributed by atoms with Crippen LogP contribution in [0.2, 0.25) is 0 Å². The molecular weight excluding hydrogens is 212 g/mol. The van der Waals surface area contributed by atoms with Gasteiger partial charge in [-0.15, -0.1) is 0 Å². The average Bonchev–Trinajstić information content (AvgIpc) is 2.72. The number of rotatable bonds is 2. The van der Waals surface area contributed by atoms with E-state index < -0.39 is 5.54 Å². The van der Waals surface area contributed by atoms with Crippen LogP contribution in [-0.4, -0.2) is 11.4 Å². The number of hydrogen-bond acceptors (Lipinski definition) is 2. The molecule has 2 rings (SSSR count). The number of nitrogens with one attached hydrogen (secondary N) is 1. The molecule has 1 aliphatic rings. The van der Waals surface area contributed by atoms with E-state index in [0.29, 0.717) is 0 Å². The first-order valence-corrected chi connectivity index (χ1v) is 6.19. The minimum atomic E-state index is -0.657. The first-order valence-electron chi connectivity index (χ1n) is 6.19. The predicted molar refractivity (Wildman–Crippen MR) is 69.9 cm³/mol. The van der Waals surface area contributed by atoms with E-state index >= 15 is 0 Å². The molecule has 1 fully saturated rings. The average molecular weight is 232 g/mol. The number of anilines is 1. The maximum atomic E-state index is 12.2. The first kappa shape index (κ1) is 12.1. The lowest BCUT2D eigenvalue weighted by Crippen LogP contribution is -2.48. The highest BCUT2D eigenvalue weighted by atomic mass is 16.2. The molecule has 0 saturated heterocycles. The van der Waals surface area contributed by atoms with Crippen LogP contribution >= 0.6 is 0 Å². The van der Waals surface area contributed by atoms with Crippen LogP contribution in [0.15, 0.2) is 18.2 Å². The summed E-state index contributed by atoms with van der Waals surface area (Å²) in [5.41, 5.74) is 8.57. The molecule has 0 atom stereocenters. The second-order valence-electron chi connectivity index (χ2n) is 5.14. The number of amides is 1. The summed E-state index contributed by atoms with van der Waals surface area (Å²) in [6, 6.07) is 6.05. The van der Waals surface area contributed by atoms with E-state index in [9.17, 15) is 4.79 Å². The molecule has 0 aromatic heterocycles. The fourth-order valence-electron chi connectivity index (χ4n) is 2.35. The van der Waals surface area contributed by atoms with Gasteiger partial charge in [-0.25, -0.2) is 0 Å². The summed E-state index contributed by atoms with van der Waals surface area (Å²) in [5.74, 6) is -0.0382. The Morgan fingerprint density at radius 1 is 1.29 bits per heavy atom. The molecule has 1 amide bonds. The first-order chi connectivity index (χ1) is 8.01. The van der Waals surface area contributed by atoms with Crippen molar-refractivity contribution in [2.75, 3.05) is 5.32 Å². The molecule has 0 spiro atoms. The van der Waals surface area contributed by atoms with Gasteiger partial charge in [-0.1, -0.05) is 25.0 Å². The van der Waals surface area contributed by atoms with Gasteiger partial charge in [-0.3, -0.25) is 4.79 Å². The highest BCUT2D eigenvalue weighted by molar-refractivity contribution is 5.98. The van der Waals surface area contributed by atoms with E-state index in [1.54, 1.807) is 0 Å². The molecule has 0 aliphatic heterocycles. The summed E-state index contributed by atoms with van der Waals surface area (Å²) >= 11 is 0. The standard InChI is InChI=1S/C14H20N2O/c1-10-5-6-11(2)12(9-10)16-13(17)14(15)7-3-4-8-14/h5-6,9H,3-4,7-8,15H2,1-2H3,(H,16,17). The van der Waals surface area contributed by atoms with Crippen molar-refractivity contribution in [2.45, 2.75) is 45.1 Å². The zero-order valence-corrected chi connectivity index (χ0v) is 10.5. The van der Waals surface area contributed by atoms with Crippen molar-refractivity contribution in [2.24, 2.45) is 5.73 Å². The van der Waals surface area contributed by atoms with Crippen molar-refractivity contribution in [3.8, 4) is 0 Å². The minimum absolute atomic E-state index is 0.0382. The molecular formula is C14H20N2O. The van der Waals surface area contributed by atoms with E-state index in [0.717, 1.165) is 42.5 Å². The highest BCUT2D eigenvalue weighted by Crippen LogP contribution is 2.29. The van der Waals surface area contributed by atoms with Crippen LogP contribution in [0, 0.1) is 13.8 Å². The van der Waals surface area contributed by atoms with E-state index in [4.69, 9.17) is 5.73 Å². The van der Waals surface area contributed by atoms with Gasteiger partial charge < -0.3 is 11.1 Å². The van der Waals surface area contributed by atoms with Crippen LogP contribution in [0.25, 0.3) is 0 Å². The van der Waals surface area contributed by atoms with Gasteiger partial charge in [-0.2, -0.15) is 0 Å². The third-order valence-corrected chi connectivity index (χ3v) is 3.59. The third kappa shape index (κ3) is 2.50. The molecule has 92 valence electrons. The van der Waals surface area contributed by atoms with Crippen molar-refractivity contribution in [3.05, 3.63) is 29.3 Å². The molecule has 0 bridgehead atoms. The molecule has 1 saturated carbocycles. The van der Waals surface area contributed by atoms with Gasteiger partial charge in [-0.05, 0) is 43.9 Å². The monoisotopic (exact) mass is 232 g/mol. The van der Waals surface area contributed by atoms with Crippen LogP contribution in [0.3, 0.4) is 0 Å². The van der Waals surface area contributed by atoms with Crippen LogP contribution in [0.1, 0.15) is 36.8 Å². The number of benzene rings is 1. The Balaban J connectivity index is 2.15. The Bertz CT molecular complexity index is 434. The van der Waals surface area contributed by atoms with Crippen LogP contribution in [-0.2, 0) is 4.79 Å². The molecule has 3 heteroatoms. The molecule has 17 heavy (non-hydrogen) atoms. The largest absolute Gasteiger partial charge is 0.324 e. The Hall–Kier alpha value is -1.35. The topological polar surface area (TPSA) is 55.1 Å². The van der Waals surface area contributed by atoms with Gasteiger partial charge in [0.05, 0.1) is 5.54 Å². The van der Waals surface area contributed by atoms with Gasteiger partial charge in [0.1, 0.15) is 0 Å². The van der Waals surface area contributed by atoms with Crippen molar-refractivity contribution >= 4 is 11.6 Å². The number of hydrogen-bond donors (Lipinski definition) is 2. The summed E-state index contributed by atoms with van der Waals surface area (Å²) in [7, 11) is 0. The number of aryl methyl sites for hydroxylation is 2. The summed E-state index contributed by atoms with van der Waals surface area (Å²) in [6.07, 6.45) is 3.70. The third-order valence-electron chi connectivity index (χ3n) is 3.59.